The first-order valence-electron chi connectivity index (χ1n) is 7.12. The molecular formula is C14H30N2O2. The summed E-state index contributed by atoms with van der Waals surface area (Å²) in [5.74, 6) is -0.152. The van der Waals surface area contributed by atoms with Gasteiger partial charge < -0.3 is 15.0 Å². The molecular weight excluding hydrogens is 228 g/mol. The average Bonchev–Trinajstić information content (AvgIpc) is 2.36. The van der Waals surface area contributed by atoms with Crippen molar-refractivity contribution in [3.05, 3.63) is 0 Å². The lowest BCUT2D eigenvalue weighted by molar-refractivity contribution is -0.150. The maximum absolute atomic E-state index is 11.9. The summed E-state index contributed by atoms with van der Waals surface area (Å²) in [6.45, 7) is 11.7. The van der Waals surface area contributed by atoms with Gasteiger partial charge >= 0.3 is 5.97 Å². The molecule has 0 aromatic rings. The molecule has 0 rings (SSSR count). The monoisotopic (exact) mass is 258 g/mol. The van der Waals surface area contributed by atoms with Gasteiger partial charge in [-0.3, -0.25) is 4.79 Å². The Labute approximate surface area is 112 Å². The molecule has 1 atom stereocenters. The van der Waals surface area contributed by atoms with Crippen LogP contribution in [0.5, 0.6) is 0 Å². The van der Waals surface area contributed by atoms with Gasteiger partial charge in [-0.05, 0) is 53.2 Å². The van der Waals surface area contributed by atoms with Crippen LogP contribution in [-0.2, 0) is 9.53 Å². The lowest BCUT2D eigenvalue weighted by atomic mass is 9.98. The summed E-state index contributed by atoms with van der Waals surface area (Å²) >= 11 is 0. The lowest BCUT2D eigenvalue weighted by Crippen LogP contribution is -2.50. The Balaban J connectivity index is 4.37. The van der Waals surface area contributed by atoms with Gasteiger partial charge in [0.2, 0.25) is 0 Å². The Hall–Kier alpha value is -0.610. The number of likely N-dealkylation sites (N-methyl/N-ethyl adjacent to an activating group) is 1. The number of carbonyl (C=O) groups excluding carboxylic acids is 1. The predicted octanol–water partition coefficient (Wildman–Crippen LogP) is 2.04. The van der Waals surface area contributed by atoms with Crippen molar-refractivity contribution in [2.24, 2.45) is 0 Å². The smallest absolute Gasteiger partial charge is 0.326 e. The van der Waals surface area contributed by atoms with E-state index in [1.54, 1.807) is 0 Å². The van der Waals surface area contributed by atoms with Crippen molar-refractivity contribution < 1.29 is 9.53 Å². The Morgan fingerprint density at radius 2 is 1.72 bits per heavy atom. The minimum atomic E-state index is -0.574. The van der Waals surface area contributed by atoms with Crippen molar-refractivity contribution in [1.82, 2.24) is 10.2 Å². The fourth-order valence-electron chi connectivity index (χ4n) is 1.97. The van der Waals surface area contributed by atoms with E-state index in [0.29, 0.717) is 6.61 Å². The van der Waals surface area contributed by atoms with Crippen molar-refractivity contribution in [1.29, 1.82) is 0 Å². The number of rotatable bonds is 10. The summed E-state index contributed by atoms with van der Waals surface area (Å²) in [5, 5.41) is 3.10. The standard InChI is InChI=1S/C14H30N2O2/c1-6-10-16(11-7-2)12-9-14(4,15-5)13(17)18-8-3/h15H,6-12H2,1-5H3. The van der Waals surface area contributed by atoms with Gasteiger partial charge in [0.15, 0.2) is 0 Å². The van der Waals surface area contributed by atoms with Gasteiger partial charge in [-0.2, -0.15) is 0 Å². The zero-order valence-corrected chi connectivity index (χ0v) is 12.7. The molecule has 0 bridgehead atoms. The van der Waals surface area contributed by atoms with Crippen LogP contribution in [0.25, 0.3) is 0 Å². The second kappa shape index (κ2) is 9.34. The van der Waals surface area contributed by atoms with E-state index in [9.17, 15) is 4.79 Å². The van der Waals surface area contributed by atoms with Crippen molar-refractivity contribution in [3.63, 3.8) is 0 Å². The molecule has 0 radical (unpaired) electrons. The van der Waals surface area contributed by atoms with Crippen LogP contribution in [-0.4, -0.2) is 49.7 Å². The molecule has 0 fully saturated rings. The summed E-state index contributed by atoms with van der Waals surface area (Å²) in [6, 6.07) is 0. The van der Waals surface area contributed by atoms with Gasteiger partial charge in [-0.1, -0.05) is 13.8 Å². The zero-order valence-electron chi connectivity index (χ0n) is 12.7. The van der Waals surface area contributed by atoms with Crippen LogP contribution in [0.2, 0.25) is 0 Å². The number of hydrogen-bond acceptors (Lipinski definition) is 4. The van der Waals surface area contributed by atoms with Gasteiger partial charge in [0.1, 0.15) is 5.54 Å². The molecule has 1 N–H and O–H groups in total. The summed E-state index contributed by atoms with van der Waals surface area (Å²) < 4.78 is 5.13. The van der Waals surface area contributed by atoms with Crippen LogP contribution in [0.4, 0.5) is 0 Å². The number of hydrogen-bond donors (Lipinski definition) is 1. The van der Waals surface area contributed by atoms with Crippen molar-refractivity contribution in [2.75, 3.05) is 33.3 Å². The van der Waals surface area contributed by atoms with Crippen molar-refractivity contribution >= 4 is 5.97 Å². The topological polar surface area (TPSA) is 41.6 Å². The molecule has 0 heterocycles. The van der Waals surface area contributed by atoms with Crippen molar-refractivity contribution in [3.8, 4) is 0 Å². The van der Waals surface area contributed by atoms with E-state index in [1.807, 2.05) is 20.9 Å². The molecule has 0 aliphatic rings. The molecule has 0 aliphatic carbocycles. The highest BCUT2D eigenvalue weighted by Crippen LogP contribution is 2.13. The van der Waals surface area contributed by atoms with E-state index in [-0.39, 0.29) is 5.97 Å². The maximum atomic E-state index is 11.9. The number of carbonyl (C=O) groups is 1. The van der Waals surface area contributed by atoms with Gasteiger partial charge in [-0.25, -0.2) is 0 Å². The Morgan fingerprint density at radius 1 is 1.17 bits per heavy atom. The quantitative estimate of drug-likeness (QED) is 0.609. The molecule has 0 saturated carbocycles. The number of nitrogens with zero attached hydrogens (tertiary/aromatic N) is 1. The van der Waals surface area contributed by atoms with E-state index >= 15 is 0 Å². The minimum absolute atomic E-state index is 0.152. The van der Waals surface area contributed by atoms with Crippen LogP contribution >= 0.6 is 0 Å². The van der Waals surface area contributed by atoms with E-state index < -0.39 is 5.54 Å². The third-order valence-electron chi connectivity index (χ3n) is 3.29. The SMILES string of the molecule is CCCN(CCC)CCC(C)(NC)C(=O)OCC. The van der Waals surface area contributed by atoms with Crippen LogP contribution < -0.4 is 5.32 Å². The zero-order chi connectivity index (χ0) is 14.0. The second-order valence-electron chi connectivity index (χ2n) is 4.89. The third kappa shape index (κ3) is 5.83. The largest absolute Gasteiger partial charge is 0.465 e. The molecule has 0 saturated heterocycles. The van der Waals surface area contributed by atoms with E-state index in [4.69, 9.17) is 4.74 Å². The Morgan fingerprint density at radius 3 is 2.11 bits per heavy atom. The first-order chi connectivity index (χ1) is 8.53. The van der Waals surface area contributed by atoms with Gasteiger partial charge in [0, 0.05) is 6.54 Å². The first-order valence-corrected chi connectivity index (χ1v) is 7.12. The molecule has 0 aliphatic heterocycles. The normalized spacial score (nSPS) is 14.6. The minimum Gasteiger partial charge on any atom is -0.465 e. The highest BCUT2D eigenvalue weighted by atomic mass is 16.5. The molecule has 4 nitrogen and oxygen atoms in total. The second-order valence-corrected chi connectivity index (χ2v) is 4.89. The maximum Gasteiger partial charge on any atom is 0.326 e. The van der Waals surface area contributed by atoms with Crippen LogP contribution in [0.15, 0.2) is 0 Å². The molecule has 18 heavy (non-hydrogen) atoms. The first kappa shape index (κ1) is 17.4. The number of ether oxygens (including phenoxy) is 1. The van der Waals surface area contributed by atoms with Gasteiger partial charge in [0.05, 0.1) is 6.61 Å². The third-order valence-corrected chi connectivity index (χ3v) is 3.29. The number of esters is 1. The molecule has 108 valence electrons. The molecule has 0 amide bonds. The highest BCUT2D eigenvalue weighted by Gasteiger charge is 2.32. The van der Waals surface area contributed by atoms with Crippen LogP contribution in [0.1, 0.15) is 47.0 Å². The molecule has 4 heteroatoms. The fraction of sp³-hybridized carbons (Fsp3) is 0.929. The van der Waals surface area contributed by atoms with E-state index in [2.05, 4.69) is 24.1 Å². The van der Waals surface area contributed by atoms with Crippen molar-refractivity contribution in [2.45, 2.75) is 52.5 Å². The van der Waals surface area contributed by atoms with Crippen LogP contribution in [0.3, 0.4) is 0 Å². The van der Waals surface area contributed by atoms with Crippen LogP contribution in [0, 0.1) is 0 Å². The number of nitrogens with one attached hydrogen (secondary N) is 1. The summed E-state index contributed by atoms with van der Waals surface area (Å²) in [6.07, 6.45) is 3.08. The lowest BCUT2D eigenvalue weighted by Gasteiger charge is -2.30. The Kier molecular flexibility index (Phi) is 9.02. The average molecular weight is 258 g/mol. The van der Waals surface area contributed by atoms with E-state index in [0.717, 1.165) is 38.9 Å². The summed E-state index contributed by atoms with van der Waals surface area (Å²) in [4.78, 5) is 14.3. The van der Waals surface area contributed by atoms with Gasteiger partial charge in [0.25, 0.3) is 0 Å². The summed E-state index contributed by atoms with van der Waals surface area (Å²) in [7, 11) is 1.82. The van der Waals surface area contributed by atoms with Gasteiger partial charge in [-0.15, -0.1) is 0 Å². The molecule has 1 unspecified atom stereocenters. The highest BCUT2D eigenvalue weighted by molar-refractivity contribution is 5.80. The molecule has 0 aromatic heterocycles. The predicted molar refractivity (Wildman–Crippen MR) is 75.7 cm³/mol. The molecule has 0 aromatic carbocycles. The fourth-order valence-corrected chi connectivity index (χ4v) is 1.97. The Bertz CT molecular complexity index is 228. The summed E-state index contributed by atoms with van der Waals surface area (Å²) in [5.41, 5.74) is -0.574. The van der Waals surface area contributed by atoms with E-state index in [1.165, 1.54) is 0 Å². The molecule has 0 spiro atoms.